The van der Waals surface area contributed by atoms with Crippen molar-refractivity contribution in [3.8, 4) is 0 Å². The van der Waals surface area contributed by atoms with E-state index in [2.05, 4.69) is 33.0 Å². The summed E-state index contributed by atoms with van der Waals surface area (Å²) in [7, 11) is 0. The van der Waals surface area contributed by atoms with E-state index >= 15 is 0 Å². The summed E-state index contributed by atoms with van der Waals surface area (Å²) in [5.74, 6) is 1.25. The summed E-state index contributed by atoms with van der Waals surface area (Å²) in [5, 5.41) is 21.0. The van der Waals surface area contributed by atoms with Crippen molar-refractivity contribution in [3.05, 3.63) is 80.7 Å². The number of fused-ring (bicyclic) bond motifs is 1. The molecular weight excluding hydrogens is 502 g/mol. The molecule has 2 heterocycles. The molecule has 0 fully saturated rings. The monoisotopic (exact) mass is 535 g/mol. The lowest BCUT2D eigenvalue weighted by Crippen LogP contribution is -2.39. The number of benzene rings is 2. The van der Waals surface area contributed by atoms with Gasteiger partial charge in [0.1, 0.15) is 22.7 Å². The van der Waals surface area contributed by atoms with Gasteiger partial charge in [0.15, 0.2) is 0 Å². The fourth-order valence-electron chi connectivity index (χ4n) is 4.06. The van der Waals surface area contributed by atoms with Gasteiger partial charge in [-0.25, -0.2) is 0 Å². The number of rotatable bonds is 5. The van der Waals surface area contributed by atoms with Crippen LogP contribution in [-0.4, -0.2) is 29.8 Å². The second-order valence-electron chi connectivity index (χ2n) is 9.22. The van der Waals surface area contributed by atoms with Crippen molar-refractivity contribution >= 4 is 57.4 Å². The molecule has 194 valence electrons. The third-order valence-electron chi connectivity index (χ3n) is 6.29. The van der Waals surface area contributed by atoms with Crippen molar-refractivity contribution in [3.63, 3.8) is 0 Å². The first-order valence-electron chi connectivity index (χ1n) is 12.3. The molecule has 0 radical (unpaired) electrons. The molecule has 37 heavy (non-hydrogen) atoms. The summed E-state index contributed by atoms with van der Waals surface area (Å²) in [6.07, 6.45) is 1.40. The number of amides is 1. The summed E-state index contributed by atoms with van der Waals surface area (Å²) in [6, 6.07) is 15.3. The molecule has 0 saturated carbocycles. The molecule has 2 aromatic carbocycles. The minimum atomic E-state index is -0.273. The van der Waals surface area contributed by atoms with Crippen molar-refractivity contribution in [2.45, 2.75) is 59.9 Å². The first-order valence-corrected chi connectivity index (χ1v) is 13.5. The summed E-state index contributed by atoms with van der Waals surface area (Å²) in [5.41, 5.74) is 6.18. The van der Waals surface area contributed by atoms with Crippen molar-refractivity contribution in [2.75, 3.05) is 10.2 Å². The fraction of sp³-hybridized carbons (Fsp3) is 0.310. The highest BCUT2D eigenvalue weighted by Gasteiger charge is 2.33. The van der Waals surface area contributed by atoms with Crippen LogP contribution in [0.15, 0.2) is 53.5 Å². The lowest BCUT2D eigenvalue weighted by Gasteiger charge is -2.24. The molecule has 1 atom stereocenters. The zero-order chi connectivity index (χ0) is 27.3. The lowest BCUT2D eigenvalue weighted by atomic mass is 10.00. The number of aryl methyl sites for hydroxylation is 1. The van der Waals surface area contributed by atoms with Crippen molar-refractivity contribution in [2.24, 2.45) is 4.99 Å². The summed E-state index contributed by atoms with van der Waals surface area (Å²) in [4.78, 5) is 17.9. The van der Waals surface area contributed by atoms with Gasteiger partial charge in [-0.1, -0.05) is 56.6 Å². The van der Waals surface area contributed by atoms with E-state index in [1.807, 2.05) is 55.5 Å². The molecular formula is C29H34ClN5OS. The second-order valence-corrected chi connectivity index (χ2v) is 10.9. The molecule has 4 rings (SSSR count). The first-order chi connectivity index (χ1) is 17.6. The maximum Gasteiger partial charge on any atom is 0.211 e. The number of aliphatic imine (C=N–C) groups is 1. The Morgan fingerprint density at radius 3 is 2.30 bits per heavy atom. The van der Waals surface area contributed by atoms with E-state index in [9.17, 15) is 4.79 Å². The average molecular weight is 536 g/mol. The predicted octanol–water partition coefficient (Wildman–Crippen LogP) is 7.81. The quantitative estimate of drug-likeness (QED) is 0.176. The highest BCUT2D eigenvalue weighted by Crippen LogP contribution is 2.40. The lowest BCUT2D eigenvalue weighted by molar-refractivity contribution is -0.105. The molecule has 0 aliphatic carbocycles. The van der Waals surface area contributed by atoms with Gasteiger partial charge in [0, 0.05) is 26.7 Å². The van der Waals surface area contributed by atoms with Gasteiger partial charge in [-0.05, 0) is 68.5 Å². The third kappa shape index (κ3) is 6.35. The highest BCUT2D eigenvalue weighted by molar-refractivity contribution is 7.17. The van der Waals surface area contributed by atoms with E-state index in [1.54, 1.807) is 23.2 Å². The molecule has 3 N–H and O–H groups in total. The molecule has 1 aromatic heterocycles. The number of amidine groups is 2. The van der Waals surface area contributed by atoms with E-state index in [1.165, 1.54) is 10.4 Å². The van der Waals surface area contributed by atoms with Gasteiger partial charge in [-0.15, -0.1) is 11.3 Å². The van der Waals surface area contributed by atoms with Gasteiger partial charge in [0.05, 0.1) is 5.71 Å². The number of anilines is 2. The van der Waals surface area contributed by atoms with Crippen molar-refractivity contribution < 1.29 is 4.79 Å². The number of carbonyl (C=O) groups excluding carboxylic acids is 1. The molecule has 6 nitrogen and oxygen atoms in total. The smallest absolute Gasteiger partial charge is 0.211 e. The predicted molar refractivity (Wildman–Crippen MR) is 159 cm³/mol. The van der Waals surface area contributed by atoms with Crippen LogP contribution in [0.25, 0.3) is 0 Å². The van der Waals surface area contributed by atoms with Crippen LogP contribution in [-0.2, 0) is 4.79 Å². The third-order valence-corrected chi connectivity index (χ3v) is 7.74. The van der Waals surface area contributed by atoms with Crippen molar-refractivity contribution in [1.82, 2.24) is 0 Å². The summed E-state index contributed by atoms with van der Waals surface area (Å²) in [6.45, 7) is 12.2. The topological polar surface area (TPSA) is 92.4 Å². The van der Waals surface area contributed by atoms with Crippen LogP contribution in [0.5, 0.6) is 0 Å². The van der Waals surface area contributed by atoms with Gasteiger partial charge in [0.25, 0.3) is 0 Å². The Bertz CT molecular complexity index is 1310. The Morgan fingerprint density at radius 2 is 1.78 bits per heavy atom. The maximum absolute atomic E-state index is 10.1. The average Bonchev–Trinajstić information content (AvgIpc) is 3.07. The van der Waals surface area contributed by atoms with Crippen LogP contribution in [0.1, 0.15) is 67.2 Å². The standard InChI is InChI=1S/C19H21ClN4S.C10H13NO/c1-5-15-18(22)24(12(4)21)19-16(10(2)11(3)25-19)17(23-15)13-6-8-14(20)9-7-13;1-8(2)9-3-5-10(6-4-9)11-7-12/h6-9,15,21-22H,5H2,1-4H3;3-8H,1-2H3,(H,11,12)/t15-;/m0./s1. The zero-order valence-corrected chi connectivity index (χ0v) is 23.7. The first kappa shape index (κ1) is 28.3. The number of hydrogen-bond donors (Lipinski definition) is 3. The highest BCUT2D eigenvalue weighted by atomic mass is 35.5. The van der Waals surface area contributed by atoms with Gasteiger partial charge >= 0.3 is 0 Å². The van der Waals surface area contributed by atoms with E-state index in [-0.39, 0.29) is 6.04 Å². The molecule has 1 aliphatic heterocycles. The molecule has 0 saturated heterocycles. The molecule has 0 unspecified atom stereocenters. The second kappa shape index (κ2) is 12.3. The minimum Gasteiger partial charge on any atom is -0.329 e. The molecule has 8 heteroatoms. The van der Waals surface area contributed by atoms with Crippen LogP contribution >= 0.6 is 22.9 Å². The number of halogens is 1. The summed E-state index contributed by atoms with van der Waals surface area (Å²) >= 11 is 7.68. The number of hydrogen-bond acceptors (Lipinski definition) is 5. The van der Waals surface area contributed by atoms with Crippen LogP contribution in [0.4, 0.5) is 10.7 Å². The molecule has 3 aromatic rings. The van der Waals surface area contributed by atoms with Gasteiger partial charge in [-0.2, -0.15) is 0 Å². The normalized spacial score (nSPS) is 14.8. The number of nitrogens with zero attached hydrogens (tertiary/aromatic N) is 2. The van der Waals surface area contributed by atoms with Crippen LogP contribution in [0, 0.1) is 24.7 Å². The number of nitrogens with one attached hydrogen (secondary N) is 3. The fourth-order valence-corrected chi connectivity index (χ4v) is 5.41. The van der Waals surface area contributed by atoms with Gasteiger partial charge in [0.2, 0.25) is 6.41 Å². The Morgan fingerprint density at radius 1 is 1.16 bits per heavy atom. The number of carbonyl (C=O) groups is 1. The Balaban J connectivity index is 0.000000266. The number of thiophene rings is 1. The molecule has 0 bridgehead atoms. The van der Waals surface area contributed by atoms with E-state index < -0.39 is 0 Å². The largest absolute Gasteiger partial charge is 0.329 e. The Labute approximate surface area is 228 Å². The Kier molecular flexibility index (Phi) is 9.40. The van der Waals surface area contributed by atoms with Crippen molar-refractivity contribution in [1.29, 1.82) is 10.8 Å². The molecule has 0 spiro atoms. The van der Waals surface area contributed by atoms with Crippen LogP contribution in [0.3, 0.4) is 0 Å². The SMILES string of the molecule is CC(C)c1ccc(NC=O)cc1.CC[C@@H]1N=C(c2ccc(Cl)cc2)c2c(sc(C)c2C)N(C(C)=N)C1=N. The minimum absolute atomic E-state index is 0.273. The molecule has 1 amide bonds. The zero-order valence-electron chi connectivity index (χ0n) is 22.1. The van der Waals surface area contributed by atoms with Crippen LogP contribution in [0.2, 0.25) is 5.02 Å². The van der Waals surface area contributed by atoms with E-state index in [0.717, 1.165) is 33.1 Å². The van der Waals surface area contributed by atoms with Crippen LogP contribution < -0.4 is 10.2 Å². The van der Waals surface area contributed by atoms with E-state index in [0.29, 0.717) is 35.4 Å². The Hall–Kier alpha value is -3.29. The van der Waals surface area contributed by atoms with Gasteiger partial charge < -0.3 is 5.32 Å². The van der Waals surface area contributed by atoms with E-state index in [4.69, 9.17) is 27.4 Å². The molecule has 1 aliphatic rings. The van der Waals surface area contributed by atoms with Gasteiger partial charge in [-0.3, -0.25) is 25.5 Å². The summed E-state index contributed by atoms with van der Waals surface area (Å²) < 4.78 is 0. The maximum atomic E-state index is 10.1.